The molecule has 0 fully saturated rings. The van der Waals surface area contributed by atoms with Gasteiger partial charge in [-0.2, -0.15) is 0 Å². The Morgan fingerprint density at radius 1 is 1.06 bits per heavy atom. The number of aryl methyl sites for hydroxylation is 2. The third kappa shape index (κ3) is 3.67. The van der Waals surface area contributed by atoms with Crippen LogP contribution in [0.3, 0.4) is 0 Å². The van der Waals surface area contributed by atoms with E-state index >= 15 is 0 Å². The molecule has 0 aliphatic heterocycles. The molecule has 0 aliphatic rings. The van der Waals surface area contributed by atoms with E-state index in [4.69, 9.17) is 0 Å². The number of rotatable bonds is 4. The Morgan fingerprint density at radius 2 is 1.78 bits per heavy atom. The summed E-state index contributed by atoms with van der Waals surface area (Å²) in [4.78, 5) is 4.24. The molecule has 0 spiro atoms. The lowest BCUT2D eigenvalue weighted by Gasteiger charge is -2.11. The lowest BCUT2D eigenvalue weighted by atomic mass is 10.0. The first-order valence-corrected chi connectivity index (χ1v) is 6.28. The first kappa shape index (κ1) is 12.8. The molecule has 2 nitrogen and oxygen atoms in total. The zero-order valence-corrected chi connectivity index (χ0v) is 10.9. The summed E-state index contributed by atoms with van der Waals surface area (Å²) >= 11 is 0. The van der Waals surface area contributed by atoms with Crippen molar-refractivity contribution in [3.8, 4) is 0 Å². The van der Waals surface area contributed by atoms with E-state index in [1.54, 1.807) is 6.20 Å². The van der Waals surface area contributed by atoms with Crippen LogP contribution in [0.15, 0.2) is 42.6 Å². The molecule has 1 heterocycles. The summed E-state index contributed by atoms with van der Waals surface area (Å²) in [7, 11) is 0. The monoisotopic (exact) mass is 241 g/mol. The van der Waals surface area contributed by atoms with Crippen molar-refractivity contribution < 1.29 is 5.11 Å². The maximum absolute atomic E-state index is 10.1. The standard InChI is InChI=1S/C16H19NO/c1-12-7-13(2)9-14(8-12)10-16(18)11-15-5-3-4-6-17-15/h3-9,16,18H,10-11H2,1-2H3. The Bertz CT molecular complexity index is 488. The zero-order valence-electron chi connectivity index (χ0n) is 10.9. The van der Waals surface area contributed by atoms with E-state index in [2.05, 4.69) is 37.0 Å². The summed E-state index contributed by atoms with van der Waals surface area (Å²) in [5.41, 5.74) is 4.62. The van der Waals surface area contributed by atoms with E-state index in [0.29, 0.717) is 12.8 Å². The molecule has 1 unspecified atom stereocenters. The van der Waals surface area contributed by atoms with Gasteiger partial charge in [0.1, 0.15) is 0 Å². The molecule has 2 aromatic rings. The average molecular weight is 241 g/mol. The second kappa shape index (κ2) is 5.78. The van der Waals surface area contributed by atoms with Gasteiger partial charge in [-0.1, -0.05) is 35.4 Å². The molecule has 94 valence electrons. The van der Waals surface area contributed by atoms with E-state index < -0.39 is 0 Å². The SMILES string of the molecule is Cc1cc(C)cc(CC(O)Cc2ccccn2)c1. The lowest BCUT2D eigenvalue weighted by Crippen LogP contribution is -2.14. The molecule has 0 aliphatic carbocycles. The van der Waals surface area contributed by atoms with E-state index in [-0.39, 0.29) is 6.10 Å². The molecule has 1 N–H and O–H groups in total. The van der Waals surface area contributed by atoms with Crippen LogP contribution >= 0.6 is 0 Å². The van der Waals surface area contributed by atoms with Gasteiger partial charge in [0.25, 0.3) is 0 Å². The van der Waals surface area contributed by atoms with Gasteiger partial charge in [-0.3, -0.25) is 4.98 Å². The number of pyridine rings is 1. The highest BCUT2D eigenvalue weighted by molar-refractivity contribution is 5.29. The highest BCUT2D eigenvalue weighted by Gasteiger charge is 2.08. The van der Waals surface area contributed by atoms with Gasteiger partial charge in [0.2, 0.25) is 0 Å². The van der Waals surface area contributed by atoms with Crippen LogP contribution in [0.25, 0.3) is 0 Å². The second-order valence-corrected chi connectivity index (χ2v) is 4.88. The first-order chi connectivity index (χ1) is 8.63. The van der Waals surface area contributed by atoms with Crippen molar-refractivity contribution in [1.29, 1.82) is 0 Å². The number of benzene rings is 1. The van der Waals surface area contributed by atoms with Gasteiger partial charge in [0, 0.05) is 18.3 Å². The summed E-state index contributed by atoms with van der Waals surface area (Å²) < 4.78 is 0. The molecule has 0 saturated carbocycles. The van der Waals surface area contributed by atoms with Gasteiger partial charge in [-0.05, 0) is 38.0 Å². The van der Waals surface area contributed by atoms with Crippen LogP contribution in [0.5, 0.6) is 0 Å². The third-order valence-electron chi connectivity index (χ3n) is 2.92. The molecule has 0 amide bonds. The van der Waals surface area contributed by atoms with Crippen molar-refractivity contribution in [1.82, 2.24) is 4.98 Å². The van der Waals surface area contributed by atoms with Crippen molar-refractivity contribution in [3.05, 3.63) is 65.0 Å². The van der Waals surface area contributed by atoms with Crippen LogP contribution in [-0.2, 0) is 12.8 Å². The van der Waals surface area contributed by atoms with E-state index in [9.17, 15) is 5.11 Å². The predicted molar refractivity (Wildman–Crippen MR) is 73.6 cm³/mol. The number of hydrogen-bond donors (Lipinski definition) is 1. The maximum Gasteiger partial charge on any atom is 0.0635 e. The number of aromatic nitrogens is 1. The Hall–Kier alpha value is -1.67. The number of aliphatic hydroxyl groups excluding tert-OH is 1. The van der Waals surface area contributed by atoms with Crippen molar-refractivity contribution in [2.45, 2.75) is 32.8 Å². The lowest BCUT2D eigenvalue weighted by molar-refractivity contribution is 0.174. The van der Waals surface area contributed by atoms with Crippen molar-refractivity contribution >= 4 is 0 Å². The largest absolute Gasteiger partial charge is 0.392 e. The summed E-state index contributed by atoms with van der Waals surface area (Å²) in [5, 5.41) is 10.1. The minimum absolute atomic E-state index is 0.374. The molecule has 0 radical (unpaired) electrons. The molecule has 1 aromatic carbocycles. The number of aliphatic hydroxyl groups is 1. The second-order valence-electron chi connectivity index (χ2n) is 4.88. The van der Waals surface area contributed by atoms with E-state index in [0.717, 1.165) is 5.69 Å². The molecule has 2 rings (SSSR count). The topological polar surface area (TPSA) is 33.1 Å². The van der Waals surface area contributed by atoms with Gasteiger partial charge in [-0.15, -0.1) is 0 Å². The smallest absolute Gasteiger partial charge is 0.0635 e. The molecule has 2 heteroatoms. The first-order valence-electron chi connectivity index (χ1n) is 6.28. The summed E-state index contributed by atoms with van der Waals surface area (Å²) in [6.07, 6.45) is 2.67. The minimum atomic E-state index is -0.374. The van der Waals surface area contributed by atoms with Gasteiger partial charge >= 0.3 is 0 Å². The van der Waals surface area contributed by atoms with Gasteiger partial charge in [-0.25, -0.2) is 0 Å². The van der Waals surface area contributed by atoms with Gasteiger partial charge in [0.15, 0.2) is 0 Å². The Morgan fingerprint density at radius 3 is 2.39 bits per heavy atom. The molecule has 18 heavy (non-hydrogen) atoms. The molecule has 0 bridgehead atoms. The highest BCUT2D eigenvalue weighted by atomic mass is 16.3. The molecule has 0 saturated heterocycles. The van der Waals surface area contributed by atoms with Crippen LogP contribution in [-0.4, -0.2) is 16.2 Å². The van der Waals surface area contributed by atoms with E-state index in [1.165, 1.54) is 16.7 Å². The fourth-order valence-corrected chi connectivity index (χ4v) is 2.29. The summed E-state index contributed by atoms with van der Waals surface area (Å²) in [6, 6.07) is 12.2. The van der Waals surface area contributed by atoms with Crippen molar-refractivity contribution in [2.24, 2.45) is 0 Å². The van der Waals surface area contributed by atoms with Gasteiger partial charge in [0.05, 0.1) is 6.10 Å². The van der Waals surface area contributed by atoms with Crippen molar-refractivity contribution in [2.75, 3.05) is 0 Å². The fraction of sp³-hybridized carbons (Fsp3) is 0.312. The predicted octanol–water partition coefficient (Wildman–Crippen LogP) is 2.84. The Labute approximate surface area is 108 Å². The van der Waals surface area contributed by atoms with Crippen LogP contribution in [0.4, 0.5) is 0 Å². The van der Waals surface area contributed by atoms with Crippen LogP contribution in [0.2, 0.25) is 0 Å². The quantitative estimate of drug-likeness (QED) is 0.893. The summed E-state index contributed by atoms with van der Waals surface area (Å²) in [5.74, 6) is 0. The molecule has 1 aromatic heterocycles. The Kier molecular flexibility index (Phi) is 4.11. The van der Waals surface area contributed by atoms with Crippen LogP contribution < -0.4 is 0 Å². The number of hydrogen-bond acceptors (Lipinski definition) is 2. The van der Waals surface area contributed by atoms with E-state index in [1.807, 2.05) is 18.2 Å². The van der Waals surface area contributed by atoms with Crippen LogP contribution in [0, 0.1) is 13.8 Å². The highest BCUT2D eigenvalue weighted by Crippen LogP contribution is 2.12. The molecular formula is C16H19NO. The molecular weight excluding hydrogens is 222 g/mol. The van der Waals surface area contributed by atoms with Crippen molar-refractivity contribution in [3.63, 3.8) is 0 Å². The average Bonchev–Trinajstić information content (AvgIpc) is 2.28. The maximum atomic E-state index is 10.1. The zero-order chi connectivity index (χ0) is 13.0. The van der Waals surface area contributed by atoms with Gasteiger partial charge < -0.3 is 5.11 Å². The van der Waals surface area contributed by atoms with Crippen LogP contribution in [0.1, 0.15) is 22.4 Å². The molecule has 1 atom stereocenters. The number of nitrogens with zero attached hydrogens (tertiary/aromatic N) is 1. The fourth-order valence-electron chi connectivity index (χ4n) is 2.29. The minimum Gasteiger partial charge on any atom is -0.392 e. The normalized spacial score (nSPS) is 12.4. The summed E-state index contributed by atoms with van der Waals surface area (Å²) in [6.45, 7) is 4.17. The third-order valence-corrected chi connectivity index (χ3v) is 2.92. The Balaban J connectivity index is 2.01.